The molecule has 9 rings (SSSR count). The molecule has 0 bridgehead atoms. The van der Waals surface area contributed by atoms with Crippen molar-refractivity contribution in [1.29, 1.82) is 0 Å². The third-order valence-corrected chi connectivity index (χ3v) is 39.9. The summed E-state index contributed by atoms with van der Waals surface area (Å²) in [6.45, 7) is 10.9. The predicted octanol–water partition coefficient (Wildman–Crippen LogP) is -7.50. The minimum absolute atomic E-state index is 0.138. The molecule has 858 valence electrons. The summed E-state index contributed by atoms with van der Waals surface area (Å²) >= 11 is 0. The van der Waals surface area contributed by atoms with E-state index in [-0.39, 0.29) is 26.4 Å². The number of esters is 12. The van der Waals surface area contributed by atoms with E-state index in [0.29, 0.717) is 25.7 Å². The summed E-state index contributed by atoms with van der Waals surface area (Å²) in [7, 11) is -62.8. The summed E-state index contributed by atoms with van der Waals surface area (Å²) in [6, 6.07) is 0. The van der Waals surface area contributed by atoms with Gasteiger partial charge in [-0.2, -0.15) is 127 Å². The zero-order valence-corrected chi connectivity index (χ0v) is 89.5. The number of carbonyl (C=O) groups excluding carboxylic acids is 12. The third-order valence-electron chi connectivity index (χ3n) is 16.7. The molecule has 2 saturated carbocycles. The molecule has 66 nitrogen and oxygen atoms in total. The van der Waals surface area contributed by atoms with E-state index in [1.54, 1.807) is 0 Å². The summed E-state index contributed by atoms with van der Waals surface area (Å²) in [5.74, 6) is -21.3. The first-order valence-electron chi connectivity index (χ1n) is 40.7. The van der Waals surface area contributed by atoms with Crippen LogP contribution in [0.25, 0.3) is 0 Å². The molecule has 0 radical (unpaired) electrons. The number of terminal acetylenes is 1. The van der Waals surface area contributed by atoms with Gasteiger partial charge in [0.15, 0.2) is 6.61 Å². The zero-order chi connectivity index (χ0) is 114. The molecule has 0 aromatic carbocycles. The van der Waals surface area contributed by atoms with Crippen LogP contribution in [0.3, 0.4) is 0 Å². The highest BCUT2D eigenvalue weighted by Crippen LogP contribution is 2.33. The van der Waals surface area contributed by atoms with Crippen molar-refractivity contribution in [2.24, 2.45) is 0 Å². The number of hydrogen-bond donors (Lipinski definition) is 0. The van der Waals surface area contributed by atoms with Crippen molar-refractivity contribution in [3.05, 3.63) is 25.3 Å². The lowest BCUT2D eigenvalue weighted by Gasteiger charge is -2.27. The Balaban J connectivity index is 0.000000450. The van der Waals surface area contributed by atoms with Gasteiger partial charge in [0.2, 0.25) is 96.6 Å². The van der Waals surface area contributed by atoms with Crippen LogP contribution in [0.2, 0.25) is 0 Å². The molecular weight excluding hydrogens is 2350 g/mol. The van der Waals surface area contributed by atoms with Crippen LogP contribution in [0.5, 0.6) is 0 Å². The van der Waals surface area contributed by atoms with Crippen molar-refractivity contribution in [1.82, 2.24) is 0 Å². The molecule has 9 fully saturated rings. The Bertz CT molecular complexity index is 6360. The Labute approximate surface area is 850 Å². The van der Waals surface area contributed by atoms with Crippen LogP contribution in [0.1, 0.15) is 106 Å². The van der Waals surface area contributed by atoms with Gasteiger partial charge in [0.1, 0.15) is 38.6 Å². The van der Waals surface area contributed by atoms with E-state index in [4.69, 9.17) is 33.7 Å². The van der Waals surface area contributed by atoms with E-state index in [2.05, 4.69) is 101 Å². The fourth-order valence-corrected chi connectivity index (χ4v) is 30.9. The van der Waals surface area contributed by atoms with E-state index < -0.39 is 366 Å². The van der Waals surface area contributed by atoms with Gasteiger partial charge in [-0.1, -0.05) is 44.1 Å². The maximum absolute atomic E-state index is 13.9. The second-order valence-corrected chi connectivity index (χ2v) is 54.9. The molecule has 7 saturated heterocycles. The SMILES string of the molecule is C#CCOC(=O)C1(F)COS(=O)(=O)CS(=O)(=O)O1.C=CCOC(=O)C1OS(=O)(=O)CS(=O)(=O)OC1C(=O)OCC=C.CC(C)OC(=O)C1OS(=O)(=O)CS(=O)(=O)OC1C(=O)OC(C)C.CCOC(=O)C1OS(=O)(=O)CS(=O)(=O)OC1C(=O)OCC.COC(=O)C1(F)COS(=O)(=O)CS(=O)(=O)O1.COC(=O)C1OS(=O)(=O)CS(=O)(=O)OC1C(=O)OC.O=C(OC1CCCCC1)C1OS(=O)(=O)CS(=O)(=O)OC1C(=O)OC1CCCCC1. The monoisotopic (exact) mass is 2440 g/mol. The molecular formula is C67H96F2O66S14. The lowest BCUT2D eigenvalue weighted by atomic mass is 9.97. The Morgan fingerprint density at radius 2 is 0.537 bits per heavy atom. The number of ether oxygens (including phenoxy) is 12. The maximum atomic E-state index is 13.9. The lowest BCUT2D eigenvalue weighted by molar-refractivity contribution is -0.182. The van der Waals surface area contributed by atoms with Gasteiger partial charge in [0, 0.05) is 0 Å². The maximum Gasteiger partial charge on any atom is 0.376 e. The minimum atomic E-state index is -4.84. The largest absolute Gasteiger partial charge is 0.467 e. The van der Waals surface area contributed by atoms with Crippen LogP contribution in [0, 0.1) is 12.3 Å². The Kier molecular flexibility index (Phi) is 50.4. The number of carbonyl (C=O) groups is 12. The predicted molar refractivity (Wildman–Crippen MR) is 469 cm³/mol. The highest BCUT2D eigenvalue weighted by atomic mass is 32.3. The topological polar surface area (TPSA) is 923 Å². The fourth-order valence-electron chi connectivity index (χ4n) is 11.2. The normalized spacial score (nSPS) is 28.7. The molecule has 0 aromatic heterocycles. The zero-order valence-electron chi connectivity index (χ0n) is 78.1. The second-order valence-electron chi connectivity index (χ2n) is 30.0. The molecule has 149 heavy (non-hydrogen) atoms. The Hall–Kier alpha value is -8.72. The second kappa shape index (κ2) is 55.9. The number of halogens is 2. The average Bonchev–Trinajstić information content (AvgIpc) is 1.63. The van der Waals surface area contributed by atoms with Gasteiger partial charge in [-0.25, -0.2) is 65.9 Å². The van der Waals surface area contributed by atoms with E-state index >= 15 is 0 Å². The van der Waals surface area contributed by atoms with E-state index in [0.717, 1.165) is 59.9 Å². The Morgan fingerprint density at radius 3 is 0.758 bits per heavy atom. The molecule has 12 unspecified atom stereocenters. The standard InChI is InChI=1S/C17H26O10S2.C11H18O10S2.C11H14O10S2.C9H14O10S2.C7H7FO8S2.C7H10O10S2.C5H7FO8S2/c18-16(24-12-7-3-1-4-8-12)14-15(17(19)25-13-9-5-2-6-10-13)27-29(22,23)11-28(20,21)26-14;1-6(2)18-10(12)8-9(11(13)19-7(3)4)21-23(16,17)5-22(14,15)20-8;1-3-5-18-10(12)8-9(11(13)19-6-4-2)21-23(16,17)7-22(14,15)20-8;1-3-16-8(10)6-7(9(11)17-4-2)19-21(14,15)5-20(12,13)18-6;1-2-3-14-6(9)7(8)4-15-17(10,11)5-18(12,13)16-7;1-14-6(8)4-5(7(9)15-2)17-19(12,13)3-18(10,11)16-4;1-12-4(7)5(6)2-13-15(8,9)3-16(10,11)14-5/h12-15H,1-11H2;6-9H,5H2,1-4H3;3-4,8-9H,1-2,5-7H2;6-7H,3-5H2,1-2H3;1H,3-5H2;4-5H,3H2,1-2H3;2-3H2,1H3. The number of rotatable bonds is 23. The smallest absolute Gasteiger partial charge is 0.376 e. The van der Waals surface area contributed by atoms with E-state index in [1.165, 1.54) is 53.7 Å². The van der Waals surface area contributed by atoms with Crippen molar-refractivity contribution in [3.8, 4) is 12.3 Å². The van der Waals surface area contributed by atoms with Crippen LogP contribution in [-0.2, 0) is 315 Å². The Morgan fingerprint density at radius 1 is 0.315 bits per heavy atom. The summed E-state index contributed by atoms with van der Waals surface area (Å²) in [6.07, 6.45) is -8.45. The molecule has 0 N–H and O–H groups in total. The molecule has 2 aliphatic carbocycles. The van der Waals surface area contributed by atoms with Gasteiger partial charge >= 0.3 is 83.3 Å². The highest BCUT2D eigenvalue weighted by Gasteiger charge is 2.58. The van der Waals surface area contributed by atoms with Crippen molar-refractivity contribution in [3.63, 3.8) is 0 Å². The summed E-state index contributed by atoms with van der Waals surface area (Å²) in [5, 5.41) is -10.8. The van der Waals surface area contributed by atoms with Crippen LogP contribution < -0.4 is 0 Å². The van der Waals surface area contributed by atoms with Crippen LogP contribution in [0.15, 0.2) is 25.3 Å². The van der Waals surface area contributed by atoms with Gasteiger partial charge < -0.3 is 56.8 Å². The summed E-state index contributed by atoms with van der Waals surface area (Å²) < 4.78 is 463. The average molecular weight is 2440 g/mol. The first kappa shape index (κ1) is 134. The number of alkyl halides is 2. The molecule has 0 aromatic rings. The fraction of sp³-hybridized carbons (Fsp3) is 0.731. The summed E-state index contributed by atoms with van der Waals surface area (Å²) in [4.78, 5) is 141. The van der Waals surface area contributed by atoms with E-state index in [9.17, 15) is 184 Å². The van der Waals surface area contributed by atoms with Gasteiger partial charge in [-0.3, -0.25) is 50.2 Å². The molecule has 7 heterocycles. The van der Waals surface area contributed by atoms with E-state index in [1.807, 2.05) is 5.92 Å². The number of methoxy groups -OCH3 is 3. The van der Waals surface area contributed by atoms with Crippen LogP contribution >= 0.6 is 0 Å². The van der Waals surface area contributed by atoms with Crippen molar-refractivity contribution >= 4 is 213 Å². The van der Waals surface area contributed by atoms with Crippen molar-refractivity contribution < 1.29 is 300 Å². The van der Waals surface area contributed by atoms with Crippen LogP contribution in [0.4, 0.5) is 8.78 Å². The highest BCUT2D eigenvalue weighted by molar-refractivity contribution is 8.06. The molecule has 12 atom stereocenters. The molecule has 7 aliphatic heterocycles. The first-order valence-corrected chi connectivity index (χ1v) is 62.7. The molecule has 0 amide bonds. The van der Waals surface area contributed by atoms with Crippen molar-refractivity contribution in [2.45, 2.75) is 203 Å². The van der Waals surface area contributed by atoms with Gasteiger partial charge in [0.25, 0.3) is 142 Å². The number of hydrogen-bond acceptors (Lipinski definition) is 66. The molecule has 9 aliphatic rings. The summed E-state index contributed by atoms with van der Waals surface area (Å²) in [5.41, 5.74) is 0. The third kappa shape index (κ3) is 46.6. The van der Waals surface area contributed by atoms with Gasteiger partial charge in [-0.15, -0.1) is 6.42 Å². The van der Waals surface area contributed by atoms with Gasteiger partial charge in [0.05, 0.1) is 46.8 Å². The lowest BCUT2D eigenvalue weighted by Crippen LogP contribution is -2.47. The quantitative estimate of drug-likeness (QED) is 0.0301. The molecule has 0 spiro atoms. The minimum Gasteiger partial charge on any atom is -0.467 e. The van der Waals surface area contributed by atoms with Gasteiger partial charge in [-0.05, 0) is 92.9 Å². The van der Waals surface area contributed by atoms with Crippen LogP contribution in [-0.4, -0.2) is 390 Å². The van der Waals surface area contributed by atoms with Crippen molar-refractivity contribution in [2.75, 3.05) is 103 Å². The first-order chi connectivity index (χ1) is 68.0. The molecule has 82 heteroatoms.